The largest absolute Gasteiger partial charge is 0.466 e. The molecule has 25 heavy (non-hydrogen) atoms. The van der Waals surface area contributed by atoms with Crippen molar-refractivity contribution in [1.82, 2.24) is 9.55 Å². The lowest BCUT2D eigenvalue weighted by Crippen LogP contribution is -2.29. The molecule has 1 aromatic carbocycles. The van der Waals surface area contributed by atoms with E-state index in [9.17, 15) is 15.0 Å². The first-order chi connectivity index (χ1) is 13.3. The van der Waals surface area contributed by atoms with E-state index in [1.165, 1.54) is 4.57 Å². The van der Waals surface area contributed by atoms with Crippen molar-refractivity contribution in [3.63, 3.8) is 0 Å². The van der Waals surface area contributed by atoms with Gasteiger partial charge in [-0.05, 0) is 31.5 Å². The van der Waals surface area contributed by atoms with Gasteiger partial charge in [-0.2, -0.15) is 0 Å². The molecular weight excluding hydrogens is 322 g/mol. The zero-order chi connectivity index (χ0) is 20.7. The SMILES string of the molecule is [2H]C([2H])([2H])n1c(CCCC(=O)OCC)nc2cc(N(CCO)CCO)ccc21. The molecule has 2 N–H and O–H groups in total. The zero-order valence-corrected chi connectivity index (χ0v) is 14.4. The number of hydrogen-bond donors (Lipinski definition) is 2. The molecule has 2 rings (SSSR count). The molecule has 138 valence electrons. The summed E-state index contributed by atoms with van der Waals surface area (Å²) in [6.45, 7) is 0.206. The highest BCUT2D eigenvalue weighted by molar-refractivity contribution is 5.80. The van der Waals surface area contributed by atoms with Crippen LogP contribution in [0.5, 0.6) is 0 Å². The molecule has 0 saturated heterocycles. The molecule has 0 amide bonds. The summed E-state index contributed by atoms with van der Waals surface area (Å²) in [6, 6.07) is 5.18. The van der Waals surface area contributed by atoms with Crippen LogP contribution < -0.4 is 4.90 Å². The summed E-state index contributed by atoms with van der Waals surface area (Å²) < 4.78 is 29.7. The maximum atomic E-state index is 11.5. The molecule has 0 bridgehead atoms. The number of carbonyl (C=O) groups excluding carboxylic acids is 1. The normalized spacial score (nSPS) is 13.3. The number of aromatic nitrogens is 2. The Morgan fingerprint density at radius 1 is 1.36 bits per heavy atom. The minimum Gasteiger partial charge on any atom is -0.466 e. The fourth-order valence-corrected chi connectivity index (χ4v) is 2.72. The summed E-state index contributed by atoms with van der Waals surface area (Å²) in [5, 5.41) is 18.4. The molecular formula is C18H27N3O4. The Bertz CT molecular complexity index is 786. The molecule has 1 heterocycles. The molecule has 0 unspecified atom stereocenters. The lowest BCUT2D eigenvalue weighted by atomic mass is 10.2. The molecule has 7 nitrogen and oxygen atoms in total. The number of aryl methyl sites for hydroxylation is 2. The lowest BCUT2D eigenvalue weighted by Gasteiger charge is -2.22. The number of hydrogen-bond acceptors (Lipinski definition) is 6. The van der Waals surface area contributed by atoms with Gasteiger partial charge in [-0.3, -0.25) is 4.79 Å². The number of fused-ring (bicyclic) bond motifs is 1. The van der Waals surface area contributed by atoms with Gasteiger partial charge >= 0.3 is 5.97 Å². The van der Waals surface area contributed by atoms with E-state index in [4.69, 9.17) is 8.85 Å². The number of rotatable bonds is 10. The third-order valence-electron chi connectivity index (χ3n) is 3.90. The van der Waals surface area contributed by atoms with Crippen molar-refractivity contribution in [3.8, 4) is 0 Å². The highest BCUT2D eigenvalue weighted by atomic mass is 16.5. The second-order valence-corrected chi connectivity index (χ2v) is 5.63. The zero-order valence-electron chi connectivity index (χ0n) is 17.4. The number of aliphatic hydroxyl groups is 2. The molecule has 1 aromatic heterocycles. The van der Waals surface area contributed by atoms with Crippen molar-refractivity contribution in [2.24, 2.45) is 6.98 Å². The van der Waals surface area contributed by atoms with Gasteiger partial charge in [0.25, 0.3) is 0 Å². The first kappa shape index (κ1) is 15.2. The molecule has 0 spiro atoms. The minimum atomic E-state index is -2.40. The maximum Gasteiger partial charge on any atom is 0.305 e. The second-order valence-electron chi connectivity index (χ2n) is 5.63. The molecule has 7 heteroatoms. The quantitative estimate of drug-likeness (QED) is 0.626. The molecule has 0 aliphatic heterocycles. The van der Waals surface area contributed by atoms with Crippen molar-refractivity contribution in [2.45, 2.75) is 26.2 Å². The Balaban J connectivity index is 2.34. The van der Waals surface area contributed by atoms with Crippen LogP contribution in [0.2, 0.25) is 0 Å². The first-order valence-electron chi connectivity index (χ1n) is 9.96. The topological polar surface area (TPSA) is 87.8 Å². The molecule has 0 saturated carbocycles. The predicted octanol–water partition coefficient (Wildman–Crippen LogP) is 1.25. The van der Waals surface area contributed by atoms with Crippen molar-refractivity contribution in [2.75, 3.05) is 37.8 Å². The van der Waals surface area contributed by atoms with Crippen LogP contribution in [0.1, 0.15) is 29.7 Å². The Kier molecular flexibility index (Phi) is 5.69. The van der Waals surface area contributed by atoms with Crippen LogP contribution in [0.15, 0.2) is 18.2 Å². The molecule has 0 radical (unpaired) electrons. The van der Waals surface area contributed by atoms with Crippen LogP contribution in [0.3, 0.4) is 0 Å². The van der Waals surface area contributed by atoms with Crippen LogP contribution in [-0.2, 0) is 22.9 Å². The smallest absolute Gasteiger partial charge is 0.305 e. The van der Waals surface area contributed by atoms with E-state index in [1.807, 2.05) is 0 Å². The number of aliphatic hydroxyl groups excluding tert-OH is 2. The number of nitrogens with zero attached hydrogens (tertiary/aromatic N) is 3. The van der Waals surface area contributed by atoms with Gasteiger partial charge in [0.1, 0.15) is 5.82 Å². The van der Waals surface area contributed by atoms with Crippen LogP contribution in [0.25, 0.3) is 11.0 Å². The number of anilines is 1. The van der Waals surface area contributed by atoms with Crippen LogP contribution in [0.4, 0.5) is 5.69 Å². The number of imidazole rings is 1. The van der Waals surface area contributed by atoms with Gasteiger partial charge in [-0.15, -0.1) is 0 Å². The van der Waals surface area contributed by atoms with Gasteiger partial charge in [0.2, 0.25) is 0 Å². The van der Waals surface area contributed by atoms with E-state index >= 15 is 0 Å². The van der Waals surface area contributed by atoms with E-state index in [0.29, 0.717) is 49.4 Å². The van der Waals surface area contributed by atoms with Crippen LogP contribution in [0, 0.1) is 0 Å². The summed E-state index contributed by atoms with van der Waals surface area (Å²) in [6.07, 6.45) is 0.967. The predicted molar refractivity (Wildman–Crippen MR) is 96.7 cm³/mol. The van der Waals surface area contributed by atoms with E-state index in [-0.39, 0.29) is 25.6 Å². The van der Waals surface area contributed by atoms with Crippen molar-refractivity contribution < 1.29 is 23.9 Å². The highest BCUT2D eigenvalue weighted by Crippen LogP contribution is 2.23. The summed E-state index contributed by atoms with van der Waals surface area (Å²) >= 11 is 0. The Hall–Kier alpha value is -2.12. The Labute approximate surface area is 152 Å². The molecule has 0 fully saturated rings. The lowest BCUT2D eigenvalue weighted by molar-refractivity contribution is -0.143. The minimum absolute atomic E-state index is 0.0686. The number of ether oxygens (including phenoxy) is 1. The Morgan fingerprint density at radius 2 is 2.12 bits per heavy atom. The van der Waals surface area contributed by atoms with Crippen LogP contribution in [-0.4, -0.2) is 58.6 Å². The monoisotopic (exact) mass is 352 g/mol. The highest BCUT2D eigenvalue weighted by Gasteiger charge is 2.12. The average Bonchev–Trinajstić information content (AvgIpc) is 2.99. The summed E-state index contributed by atoms with van der Waals surface area (Å²) in [5.41, 5.74) is 1.73. The van der Waals surface area contributed by atoms with Gasteiger partial charge < -0.3 is 24.4 Å². The van der Waals surface area contributed by atoms with Gasteiger partial charge in [-0.25, -0.2) is 4.98 Å². The van der Waals surface area contributed by atoms with E-state index in [0.717, 1.165) is 5.69 Å². The van der Waals surface area contributed by atoms with E-state index < -0.39 is 6.98 Å². The number of carbonyl (C=O) groups is 1. The van der Waals surface area contributed by atoms with Gasteiger partial charge in [0, 0.05) is 42.7 Å². The first-order valence-corrected chi connectivity index (χ1v) is 8.46. The number of esters is 1. The van der Waals surface area contributed by atoms with Gasteiger partial charge in [-0.1, -0.05) is 0 Å². The third-order valence-corrected chi connectivity index (χ3v) is 3.90. The van der Waals surface area contributed by atoms with Gasteiger partial charge in [0.05, 0.1) is 30.9 Å². The third kappa shape index (κ3) is 4.93. The summed E-state index contributed by atoms with van der Waals surface area (Å²) in [5.74, 6) is 0.0669. The van der Waals surface area contributed by atoms with E-state index in [2.05, 4.69) is 4.98 Å². The number of benzene rings is 1. The summed E-state index contributed by atoms with van der Waals surface area (Å²) in [4.78, 5) is 17.8. The standard InChI is InChI=1S/C18H27N3O4/c1-3-25-18(24)6-4-5-17-19-15-13-14(7-8-16(15)20(17)2)21(9-11-22)10-12-23/h7-8,13,22-23H,3-6,9-12H2,1-2H3/i2D3. The van der Waals surface area contributed by atoms with Crippen LogP contribution >= 0.6 is 0 Å². The molecule has 0 atom stereocenters. The second kappa shape index (κ2) is 9.39. The molecule has 0 aliphatic rings. The van der Waals surface area contributed by atoms with Crippen molar-refractivity contribution in [1.29, 1.82) is 0 Å². The van der Waals surface area contributed by atoms with Crippen molar-refractivity contribution in [3.05, 3.63) is 24.0 Å². The summed E-state index contributed by atoms with van der Waals surface area (Å²) in [7, 11) is 0. The van der Waals surface area contributed by atoms with Crippen molar-refractivity contribution >= 4 is 22.7 Å². The van der Waals surface area contributed by atoms with Gasteiger partial charge in [0.15, 0.2) is 0 Å². The average molecular weight is 352 g/mol. The maximum absolute atomic E-state index is 11.5. The van der Waals surface area contributed by atoms with E-state index in [1.54, 1.807) is 30.0 Å². The fraction of sp³-hybridized carbons (Fsp3) is 0.556. The fourth-order valence-electron chi connectivity index (χ4n) is 2.72. The Morgan fingerprint density at radius 3 is 2.76 bits per heavy atom. The molecule has 2 aromatic rings. The molecule has 0 aliphatic carbocycles.